The molecule has 1 amide bonds. The van der Waals surface area contributed by atoms with Crippen molar-refractivity contribution in [1.82, 2.24) is 9.88 Å². The van der Waals surface area contributed by atoms with E-state index in [2.05, 4.69) is 5.32 Å². The number of nitrogens with zero attached hydrogens (tertiary/aromatic N) is 1. The Balaban J connectivity index is 1.65. The molecule has 1 aliphatic rings. The SMILES string of the molecule is CCc1cc(Cn2cc(C(=O)C(=O)NC3=CC(=O)OC3)c3ccccc32)ccc1C(=O)O. The van der Waals surface area contributed by atoms with Crippen molar-refractivity contribution in [3.8, 4) is 0 Å². The monoisotopic (exact) mass is 432 g/mol. The number of esters is 1. The van der Waals surface area contributed by atoms with Crippen LogP contribution >= 0.6 is 0 Å². The third kappa shape index (κ3) is 4.02. The van der Waals surface area contributed by atoms with Gasteiger partial charge in [-0.15, -0.1) is 0 Å². The van der Waals surface area contributed by atoms with Gasteiger partial charge in [0.15, 0.2) is 0 Å². The summed E-state index contributed by atoms with van der Waals surface area (Å²) < 4.78 is 6.59. The van der Waals surface area contributed by atoms with E-state index in [1.807, 2.05) is 29.7 Å². The molecule has 4 rings (SSSR count). The van der Waals surface area contributed by atoms with Crippen molar-refractivity contribution in [3.63, 3.8) is 0 Å². The van der Waals surface area contributed by atoms with E-state index in [1.165, 1.54) is 0 Å². The van der Waals surface area contributed by atoms with Crippen molar-refractivity contribution in [1.29, 1.82) is 0 Å². The lowest BCUT2D eigenvalue weighted by atomic mass is 10.0. The topological polar surface area (TPSA) is 115 Å². The maximum atomic E-state index is 12.9. The number of carboxylic acid groups (broad SMARTS) is 1. The Labute approximate surface area is 183 Å². The summed E-state index contributed by atoms with van der Waals surface area (Å²) in [5.74, 6) is -3.11. The van der Waals surface area contributed by atoms with Gasteiger partial charge in [0.25, 0.3) is 11.7 Å². The third-order valence-corrected chi connectivity index (χ3v) is 5.31. The van der Waals surface area contributed by atoms with Crippen LogP contribution in [-0.2, 0) is 27.3 Å². The number of carbonyl (C=O) groups is 4. The summed E-state index contributed by atoms with van der Waals surface area (Å²) in [4.78, 5) is 47.9. The molecule has 2 heterocycles. The molecule has 0 atom stereocenters. The Morgan fingerprint density at radius 3 is 2.59 bits per heavy atom. The van der Waals surface area contributed by atoms with Crippen LogP contribution in [0.15, 0.2) is 60.4 Å². The van der Waals surface area contributed by atoms with E-state index in [1.54, 1.807) is 30.5 Å². The van der Waals surface area contributed by atoms with Crippen molar-refractivity contribution in [2.45, 2.75) is 19.9 Å². The minimum absolute atomic E-state index is 0.0777. The lowest BCUT2D eigenvalue weighted by Gasteiger charge is -2.09. The van der Waals surface area contributed by atoms with Gasteiger partial charge < -0.3 is 19.7 Å². The molecular weight excluding hydrogens is 412 g/mol. The summed E-state index contributed by atoms with van der Waals surface area (Å²) in [5, 5.41) is 12.4. The zero-order valence-electron chi connectivity index (χ0n) is 17.3. The maximum Gasteiger partial charge on any atom is 0.335 e. The number of fused-ring (bicyclic) bond motifs is 1. The average molecular weight is 432 g/mol. The Hall–Kier alpha value is -4.20. The first kappa shape index (κ1) is 21.0. The summed E-state index contributed by atoms with van der Waals surface area (Å²) in [6.07, 6.45) is 3.34. The predicted octanol–water partition coefficient (Wildman–Crippen LogP) is 2.69. The number of carboxylic acids is 1. The molecule has 0 spiro atoms. The van der Waals surface area contributed by atoms with E-state index >= 15 is 0 Å². The lowest BCUT2D eigenvalue weighted by molar-refractivity contribution is -0.135. The van der Waals surface area contributed by atoms with Crippen molar-refractivity contribution in [3.05, 3.63) is 82.7 Å². The van der Waals surface area contributed by atoms with Crippen LogP contribution in [-0.4, -0.2) is 39.9 Å². The number of ketones is 1. The van der Waals surface area contributed by atoms with Gasteiger partial charge in [0.2, 0.25) is 0 Å². The molecule has 0 radical (unpaired) electrons. The number of rotatable bonds is 7. The highest BCUT2D eigenvalue weighted by molar-refractivity contribution is 6.45. The molecule has 3 aromatic rings. The number of nitrogens with one attached hydrogen (secondary N) is 1. The first-order valence-corrected chi connectivity index (χ1v) is 10.0. The molecule has 0 saturated carbocycles. The average Bonchev–Trinajstić information content (AvgIpc) is 3.36. The first-order chi connectivity index (χ1) is 15.4. The van der Waals surface area contributed by atoms with Gasteiger partial charge in [-0.2, -0.15) is 0 Å². The van der Waals surface area contributed by atoms with Gasteiger partial charge in [-0.3, -0.25) is 9.59 Å². The Morgan fingerprint density at radius 1 is 1.12 bits per heavy atom. The lowest BCUT2D eigenvalue weighted by Crippen LogP contribution is -2.31. The summed E-state index contributed by atoms with van der Waals surface area (Å²) in [7, 11) is 0. The Morgan fingerprint density at radius 2 is 1.91 bits per heavy atom. The Kier molecular flexibility index (Phi) is 5.59. The first-order valence-electron chi connectivity index (χ1n) is 10.0. The number of aromatic nitrogens is 1. The number of benzene rings is 2. The number of aromatic carboxylic acids is 1. The molecule has 32 heavy (non-hydrogen) atoms. The van der Waals surface area contributed by atoms with Crippen molar-refractivity contribution < 1.29 is 29.0 Å². The number of Topliss-reactive ketones (excluding diaryl/α,β-unsaturated/α-hetero) is 1. The number of hydrogen-bond acceptors (Lipinski definition) is 5. The van der Waals surface area contributed by atoms with Gasteiger partial charge in [0.05, 0.1) is 16.8 Å². The molecule has 0 bridgehead atoms. The zero-order chi connectivity index (χ0) is 22.8. The number of hydrogen-bond donors (Lipinski definition) is 2. The van der Waals surface area contributed by atoms with Crippen molar-refractivity contribution in [2.75, 3.05) is 6.61 Å². The summed E-state index contributed by atoms with van der Waals surface area (Å²) in [5.41, 5.74) is 3.11. The number of amides is 1. The van der Waals surface area contributed by atoms with Crippen LogP contribution in [0.4, 0.5) is 0 Å². The van der Waals surface area contributed by atoms with Crippen LogP contribution in [0.3, 0.4) is 0 Å². The van der Waals surface area contributed by atoms with E-state index < -0.39 is 23.6 Å². The summed E-state index contributed by atoms with van der Waals surface area (Å²) in [6.45, 7) is 2.21. The molecule has 2 N–H and O–H groups in total. The third-order valence-electron chi connectivity index (χ3n) is 5.31. The van der Waals surface area contributed by atoms with Crippen LogP contribution in [0.25, 0.3) is 10.9 Å². The van der Waals surface area contributed by atoms with Crippen LogP contribution < -0.4 is 5.32 Å². The largest absolute Gasteiger partial charge is 0.478 e. The van der Waals surface area contributed by atoms with Gasteiger partial charge in [-0.1, -0.05) is 37.3 Å². The number of ether oxygens (including phenoxy) is 1. The number of cyclic esters (lactones) is 1. The van der Waals surface area contributed by atoms with Gasteiger partial charge in [-0.25, -0.2) is 9.59 Å². The van der Waals surface area contributed by atoms with Crippen molar-refractivity contribution in [2.24, 2.45) is 0 Å². The minimum Gasteiger partial charge on any atom is -0.478 e. The van der Waals surface area contributed by atoms with Crippen LogP contribution in [0.1, 0.15) is 38.8 Å². The van der Waals surface area contributed by atoms with E-state index in [9.17, 15) is 24.3 Å². The molecule has 0 aliphatic carbocycles. The standard InChI is InChI=1S/C24H20N2O6/c1-2-15-9-14(7-8-17(15)24(30)31)11-26-12-19(18-5-3-4-6-20(18)26)22(28)23(29)25-16-10-21(27)32-13-16/h3-10,12H,2,11,13H2,1H3,(H,25,29)(H,30,31). The molecule has 8 heteroatoms. The molecule has 0 fully saturated rings. The van der Waals surface area contributed by atoms with Gasteiger partial charge >= 0.3 is 11.9 Å². The Bertz CT molecular complexity index is 1300. The smallest absolute Gasteiger partial charge is 0.335 e. The molecule has 0 unspecified atom stereocenters. The second-order valence-corrected chi connectivity index (χ2v) is 7.40. The highest BCUT2D eigenvalue weighted by Crippen LogP contribution is 2.24. The minimum atomic E-state index is -0.969. The van der Waals surface area contributed by atoms with Gasteiger partial charge in [-0.05, 0) is 29.7 Å². The van der Waals surface area contributed by atoms with Crippen LogP contribution in [0, 0.1) is 0 Å². The van der Waals surface area contributed by atoms with E-state index in [-0.39, 0.29) is 23.4 Å². The van der Waals surface area contributed by atoms with Crippen LogP contribution in [0.2, 0.25) is 0 Å². The van der Waals surface area contributed by atoms with E-state index in [0.717, 1.165) is 22.7 Å². The number of para-hydroxylation sites is 1. The molecule has 8 nitrogen and oxygen atoms in total. The molecule has 0 saturated heterocycles. The quantitative estimate of drug-likeness (QED) is 0.337. The molecule has 162 valence electrons. The van der Waals surface area contributed by atoms with Crippen molar-refractivity contribution >= 4 is 34.5 Å². The van der Waals surface area contributed by atoms with E-state index in [0.29, 0.717) is 18.4 Å². The fourth-order valence-electron chi connectivity index (χ4n) is 3.77. The second-order valence-electron chi connectivity index (χ2n) is 7.40. The van der Waals surface area contributed by atoms with E-state index in [4.69, 9.17) is 4.74 Å². The highest BCUT2D eigenvalue weighted by Gasteiger charge is 2.24. The molecule has 1 aromatic heterocycles. The van der Waals surface area contributed by atoms with Gasteiger partial charge in [0.1, 0.15) is 6.61 Å². The molecule has 1 aliphatic heterocycles. The number of carbonyl (C=O) groups excluding carboxylic acids is 3. The molecule has 2 aromatic carbocycles. The number of aryl methyl sites for hydroxylation is 1. The normalized spacial score (nSPS) is 13.0. The highest BCUT2D eigenvalue weighted by atomic mass is 16.5. The fraction of sp³-hybridized carbons (Fsp3) is 0.167. The molecular formula is C24H20N2O6. The summed E-state index contributed by atoms with van der Waals surface area (Å²) in [6, 6.07) is 12.4. The van der Waals surface area contributed by atoms with Gasteiger partial charge in [0, 0.05) is 29.7 Å². The summed E-state index contributed by atoms with van der Waals surface area (Å²) >= 11 is 0. The second kappa shape index (κ2) is 8.50. The zero-order valence-corrected chi connectivity index (χ0v) is 17.3. The maximum absolute atomic E-state index is 12.9. The predicted molar refractivity (Wildman–Crippen MR) is 115 cm³/mol. The van der Waals surface area contributed by atoms with Crippen LogP contribution in [0.5, 0.6) is 0 Å². The fourth-order valence-corrected chi connectivity index (χ4v) is 3.77.